The number of carbonyl (C=O) groups excluding carboxylic acids is 2. The smallest absolute Gasteiger partial charge is 0.308 e. The molecule has 1 unspecified atom stereocenters. The Bertz CT molecular complexity index is 809. The summed E-state index contributed by atoms with van der Waals surface area (Å²) in [5, 5.41) is 0. The SMILES string of the molecule is CC(=O)Oc1ccc2c(c1)OCC1=C2CC[C@@]2(C)C1CC[C@@H]2OC(C)=O. The molecule has 1 aromatic carbocycles. The van der Waals surface area contributed by atoms with Crippen LogP contribution in [0.5, 0.6) is 11.5 Å². The summed E-state index contributed by atoms with van der Waals surface area (Å²) in [4.78, 5) is 22.6. The lowest BCUT2D eigenvalue weighted by Gasteiger charge is -2.43. The molecule has 1 fully saturated rings. The van der Waals surface area contributed by atoms with Crippen molar-refractivity contribution in [2.75, 3.05) is 6.61 Å². The van der Waals surface area contributed by atoms with E-state index in [-0.39, 0.29) is 23.5 Å². The van der Waals surface area contributed by atoms with Gasteiger partial charge in [-0.15, -0.1) is 0 Å². The van der Waals surface area contributed by atoms with E-state index in [0.717, 1.165) is 37.0 Å². The summed E-state index contributed by atoms with van der Waals surface area (Å²) >= 11 is 0. The van der Waals surface area contributed by atoms with E-state index in [0.29, 0.717) is 18.3 Å². The third-order valence-electron chi connectivity index (χ3n) is 6.20. The van der Waals surface area contributed by atoms with Gasteiger partial charge >= 0.3 is 11.9 Å². The second-order valence-corrected chi connectivity index (χ2v) is 7.78. The lowest BCUT2D eigenvalue weighted by atomic mass is 9.64. The van der Waals surface area contributed by atoms with E-state index in [4.69, 9.17) is 14.2 Å². The van der Waals surface area contributed by atoms with Crippen LogP contribution in [0.2, 0.25) is 0 Å². The van der Waals surface area contributed by atoms with Crippen molar-refractivity contribution < 1.29 is 23.8 Å². The number of fused-ring (bicyclic) bond motifs is 4. The number of carbonyl (C=O) groups is 2. The normalized spacial score (nSPS) is 29.2. The van der Waals surface area contributed by atoms with E-state index >= 15 is 0 Å². The molecule has 0 radical (unpaired) electrons. The van der Waals surface area contributed by atoms with Gasteiger partial charge in [-0.3, -0.25) is 9.59 Å². The van der Waals surface area contributed by atoms with E-state index in [9.17, 15) is 9.59 Å². The van der Waals surface area contributed by atoms with Crippen LogP contribution in [0.25, 0.3) is 5.57 Å². The largest absolute Gasteiger partial charge is 0.488 e. The summed E-state index contributed by atoms with van der Waals surface area (Å²) < 4.78 is 16.8. The molecule has 1 heterocycles. The zero-order valence-corrected chi connectivity index (χ0v) is 15.5. The van der Waals surface area contributed by atoms with Crippen LogP contribution in [-0.2, 0) is 14.3 Å². The van der Waals surface area contributed by atoms with E-state index in [2.05, 4.69) is 6.92 Å². The topological polar surface area (TPSA) is 61.8 Å². The van der Waals surface area contributed by atoms with Crippen molar-refractivity contribution in [3.8, 4) is 11.5 Å². The minimum atomic E-state index is -0.337. The van der Waals surface area contributed by atoms with E-state index in [1.807, 2.05) is 12.1 Å². The van der Waals surface area contributed by atoms with Crippen LogP contribution in [0.15, 0.2) is 23.8 Å². The molecule has 5 nitrogen and oxygen atoms in total. The highest BCUT2D eigenvalue weighted by Gasteiger charge is 2.52. The molecule has 3 aliphatic rings. The number of esters is 2. The number of hydrogen-bond donors (Lipinski definition) is 0. The maximum Gasteiger partial charge on any atom is 0.308 e. The van der Waals surface area contributed by atoms with E-state index in [1.54, 1.807) is 6.07 Å². The van der Waals surface area contributed by atoms with Gasteiger partial charge in [-0.25, -0.2) is 0 Å². The summed E-state index contributed by atoms with van der Waals surface area (Å²) in [6, 6.07) is 5.61. The fourth-order valence-corrected chi connectivity index (χ4v) is 5.02. The molecule has 0 amide bonds. The van der Waals surface area contributed by atoms with Crippen molar-refractivity contribution in [1.82, 2.24) is 0 Å². The van der Waals surface area contributed by atoms with Crippen molar-refractivity contribution in [2.24, 2.45) is 11.3 Å². The summed E-state index contributed by atoms with van der Waals surface area (Å²) in [6.45, 7) is 5.69. The molecule has 0 spiro atoms. The average molecular weight is 356 g/mol. The van der Waals surface area contributed by atoms with Gasteiger partial charge in [-0.1, -0.05) is 6.92 Å². The van der Waals surface area contributed by atoms with E-state index < -0.39 is 0 Å². The van der Waals surface area contributed by atoms with Gasteiger partial charge in [-0.05, 0) is 54.9 Å². The molecule has 0 aromatic heterocycles. The lowest BCUT2D eigenvalue weighted by molar-refractivity contribution is -0.152. The van der Waals surface area contributed by atoms with Crippen LogP contribution in [-0.4, -0.2) is 24.6 Å². The second kappa shape index (κ2) is 6.15. The van der Waals surface area contributed by atoms with Crippen LogP contribution in [0.3, 0.4) is 0 Å². The molecular formula is C21H24O5. The molecule has 1 aliphatic heterocycles. The summed E-state index contributed by atoms with van der Waals surface area (Å²) in [6.07, 6.45) is 3.88. The molecule has 2 aliphatic carbocycles. The van der Waals surface area contributed by atoms with Crippen molar-refractivity contribution in [3.05, 3.63) is 29.3 Å². The zero-order valence-electron chi connectivity index (χ0n) is 15.5. The molecule has 5 heteroatoms. The van der Waals surface area contributed by atoms with Gasteiger partial charge in [0.05, 0.1) is 0 Å². The predicted octanol–water partition coefficient (Wildman–Crippen LogP) is 3.90. The van der Waals surface area contributed by atoms with Gasteiger partial charge in [0.25, 0.3) is 0 Å². The Labute approximate surface area is 153 Å². The Kier molecular flexibility index (Phi) is 4.05. The highest BCUT2D eigenvalue weighted by atomic mass is 16.5. The molecular weight excluding hydrogens is 332 g/mol. The van der Waals surface area contributed by atoms with Gasteiger partial charge in [0, 0.05) is 30.9 Å². The first kappa shape index (κ1) is 17.1. The molecule has 0 N–H and O–H groups in total. The number of allylic oxidation sites excluding steroid dienone is 1. The zero-order chi connectivity index (χ0) is 18.5. The Hall–Kier alpha value is -2.30. The second-order valence-electron chi connectivity index (χ2n) is 7.78. The molecule has 0 saturated heterocycles. The van der Waals surface area contributed by atoms with Crippen LogP contribution >= 0.6 is 0 Å². The maximum absolute atomic E-state index is 11.5. The lowest BCUT2D eigenvalue weighted by Crippen LogP contribution is -2.40. The van der Waals surface area contributed by atoms with Gasteiger partial charge < -0.3 is 14.2 Å². The van der Waals surface area contributed by atoms with Crippen molar-refractivity contribution in [1.29, 1.82) is 0 Å². The summed E-state index contributed by atoms with van der Waals surface area (Å²) in [5.41, 5.74) is 3.79. The molecule has 138 valence electrons. The first-order valence-electron chi connectivity index (χ1n) is 9.23. The highest BCUT2D eigenvalue weighted by Crippen LogP contribution is 2.58. The molecule has 26 heavy (non-hydrogen) atoms. The third kappa shape index (κ3) is 2.70. The Morgan fingerprint density at radius 1 is 1.19 bits per heavy atom. The first-order valence-corrected chi connectivity index (χ1v) is 9.23. The number of benzene rings is 1. The molecule has 1 aromatic rings. The molecule has 3 atom stereocenters. The highest BCUT2D eigenvalue weighted by molar-refractivity contribution is 5.78. The van der Waals surface area contributed by atoms with Crippen molar-refractivity contribution in [2.45, 2.75) is 52.6 Å². The predicted molar refractivity (Wildman–Crippen MR) is 95.8 cm³/mol. The maximum atomic E-state index is 11.5. The molecule has 1 saturated carbocycles. The number of rotatable bonds is 2. The quantitative estimate of drug-likeness (QED) is 0.594. The minimum absolute atomic E-state index is 0.00760. The van der Waals surface area contributed by atoms with Crippen LogP contribution < -0.4 is 9.47 Å². The Morgan fingerprint density at radius 3 is 2.73 bits per heavy atom. The van der Waals surface area contributed by atoms with Crippen LogP contribution in [0.4, 0.5) is 0 Å². The fourth-order valence-electron chi connectivity index (χ4n) is 5.02. The third-order valence-corrected chi connectivity index (χ3v) is 6.20. The summed E-state index contributed by atoms with van der Waals surface area (Å²) in [7, 11) is 0. The molecule has 4 rings (SSSR count). The van der Waals surface area contributed by atoms with Crippen LogP contribution in [0, 0.1) is 11.3 Å². The van der Waals surface area contributed by atoms with Crippen molar-refractivity contribution >= 4 is 17.5 Å². The van der Waals surface area contributed by atoms with E-state index in [1.165, 1.54) is 25.0 Å². The number of hydrogen-bond acceptors (Lipinski definition) is 5. The monoisotopic (exact) mass is 356 g/mol. The standard InChI is InChI=1S/C21H24O5/c1-12(22)25-14-4-5-16-15-8-9-21(3)18(6-7-20(21)26-13(2)23)17(15)11-24-19(16)10-14/h4-5,10,18,20H,6-9,11H2,1-3H3/t18?,20-,21-/m0/s1. The van der Waals surface area contributed by atoms with Gasteiger partial charge in [0.1, 0.15) is 24.2 Å². The average Bonchev–Trinajstić information content (AvgIpc) is 2.90. The number of ether oxygens (including phenoxy) is 3. The summed E-state index contributed by atoms with van der Waals surface area (Å²) in [5.74, 6) is 1.14. The minimum Gasteiger partial charge on any atom is -0.488 e. The molecule has 0 bridgehead atoms. The van der Waals surface area contributed by atoms with Crippen molar-refractivity contribution in [3.63, 3.8) is 0 Å². The van der Waals surface area contributed by atoms with Gasteiger partial charge in [0.2, 0.25) is 0 Å². The first-order chi connectivity index (χ1) is 12.4. The Morgan fingerprint density at radius 2 is 2.00 bits per heavy atom. The Balaban J connectivity index is 1.66. The van der Waals surface area contributed by atoms with Gasteiger partial charge in [-0.2, -0.15) is 0 Å². The van der Waals surface area contributed by atoms with Crippen LogP contribution in [0.1, 0.15) is 52.0 Å². The fraction of sp³-hybridized carbons (Fsp3) is 0.524. The van der Waals surface area contributed by atoms with Gasteiger partial charge in [0.15, 0.2) is 0 Å².